The zero-order valence-electron chi connectivity index (χ0n) is 11.2. The van der Waals surface area contributed by atoms with E-state index < -0.39 is 0 Å². The molecule has 5 heteroatoms. The van der Waals surface area contributed by atoms with Gasteiger partial charge in [0.25, 0.3) is 5.91 Å². The van der Waals surface area contributed by atoms with Crippen LogP contribution in [-0.4, -0.2) is 24.9 Å². The Bertz CT molecular complexity index is 447. The quantitative estimate of drug-likeness (QED) is 0.841. The second kappa shape index (κ2) is 7.79. The van der Waals surface area contributed by atoms with Gasteiger partial charge in [0.1, 0.15) is 0 Å². The van der Waals surface area contributed by atoms with Gasteiger partial charge in [-0.25, -0.2) is 0 Å². The molecule has 19 heavy (non-hydrogen) atoms. The van der Waals surface area contributed by atoms with Gasteiger partial charge in [-0.2, -0.15) is 0 Å². The third-order valence-corrected chi connectivity index (χ3v) is 2.90. The van der Waals surface area contributed by atoms with Gasteiger partial charge in [0.2, 0.25) is 5.91 Å². The molecule has 0 atom stereocenters. The third-order valence-electron chi connectivity index (χ3n) is 2.57. The monoisotopic (exact) mass is 282 g/mol. The minimum atomic E-state index is -0.343. The van der Waals surface area contributed by atoms with E-state index >= 15 is 0 Å². The summed E-state index contributed by atoms with van der Waals surface area (Å²) in [6.45, 7) is 4.76. The fourth-order valence-electron chi connectivity index (χ4n) is 1.46. The zero-order valence-corrected chi connectivity index (χ0v) is 12.0. The number of carbonyl (C=O) groups excluding carboxylic acids is 2. The molecule has 0 spiro atoms. The number of hydrogen-bond donors (Lipinski definition) is 2. The molecule has 0 aromatic heterocycles. The summed E-state index contributed by atoms with van der Waals surface area (Å²) >= 11 is 5.89. The Balaban J connectivity index is 2.34. The Morgan fingerprint density at radius 2 is 1.89 bits per heavy atom. The molecule has 1 aromatic carbocycles. The van der Waals surface area contributed by atoms with Gasteiger partial charge in [0.05, 0.1) is 17.1 Å². The highest BCUT2D eigenvalue weighted by Crippen LogP contribution is 2.14. The maximum absolute atomic E-state index is 11.8. The van der Waals surface area contributed by atoms with Gasteiger partial charge in [-0.05, 0) is 24.5 Å². The summed E-state index contributed by atoms with van der Waals surface area (Å²) in [5, 5.41) is 5.67. The molecule has 0 aliphatic heterocycles. The van der Waals surface area contributed by atoms with E-state index in [-0.39, 0.29) is 18.4 Å². The number of carbonyl (C=O) groups is 2. The highest BCUT2D eigenvalue weighted by molar-refractivity contribution is 6.33. The lowest BCUT2D eigenvalue weighted by Gasteiger charge is -2.08. The van der Waals surface area contributed by atoms with E-state index in [4.69, 9.17) is 11.6 Å². The van der Waals surface area contributed by atoms with E-state index in [9.17, 15) is 9.59 Å². The first-order valence-corrected chi connectivity index (χ1v) is 6.68. The van der Waals surface area contributed by atoms with Crippen LogP contribution in [0, 0.1) is 5.92 Å². The molecule has 1 rings (SSSR count). The van der Waals surface area contributed by atoms with Crippen LogP contribution < -0.4 is 10.6 Å². The van der Waals surface area contributed by atoms with Crippen molar-refractivity contribution in [1.82, 2.24) is 10.6 Å². The number of amides is 2. The minimum Gasteiger partial charge on any atom is -0.355 e. The first-order valence-electron chi connectivity index (χ1n) is 6.30. The summed E-state index contributed by atoms with van der Waals surface area (Å²) in [6, 6.07) is 6.73. The molecule has 0 aliphatic carbocycles. The van der Waals surface area contributed by atoms with Crippen LogP contribution >= 0.6 is 11.6 Å². The van der Waals surface area contributed by atoms with E-state index in [1.165, 1.54) is 0 Å². The van der Waals surface area contributed by atoms with Crippen LogP contribution in [0.15, 0.2) is 24.3 Å². The van der Waals surface area contributed by atoms with Crippen molar-refractivity contribution >= 4 is 23.4 Å². The van der Waals surface area contributed by atoms with Crippen LogP contribution in [0.25, 0.3) is 0 Å². The van der Waals surface area contributed by atoms with Crippen molar-refractivity contribution in [1.29, 1.82) is 0 Å². The standard InChI is InChI=1S/C14H19ClN2O2/c1-10(2)7-8-16-13(18)9-17-14(19)11-5-3-4-6-12(11)15/h3-6,10H,7-9H2,1-2H3,(H,16,18)(H,17,19). The fourth-order valence-corrected chi connectivity index (χ4v) is 1.69. The lowest BCUT2D eigenvalue weighted by molar-refractivity contribution is -0.120. The summed E-state index contributed by atoms with van der Waals surface area (Å²) in [5.74, 6) is 0.00341. The van der Waals surface area contributed by atoms with Crippen molar-refractivity contribution in [2.75, 3.05) is 13.1 Å². The van der Waals surface area contributed by atoms with Crippen LogP contribution in [0.3, 0.4) is 0 Å². The number of hydrogen-bond acceptors (Lipinski definition) is 2. The summed E-state index contributed by atoms with van der Waals surface area (Å²) in [7, 11) is 0. The SMILES string of the molecule is CC(C)CCNC(=O)CNC(=O)c1ccccc1Cl. The van der Waals surface area contributed by atoms with E-state index in [0.29, 0.717) is 23.0 Å². The first kappa shape index (κ1) is 15.5. The highest BCUT2D eigenvalue weighted by atomic mass is 35.5. The molecular weight excluding hydrogens is 264 g/mol. The molecule has 1 aromatic rings. The first-order chi connectivity index (χ1) is 9.00. The molecule has 0 saturated carbocycles. The molecule has 0 fully saturated rings. The van der Waals surface area contributed by atoms with Gasteiger partial charge in [-0.15, -0.1) is 0 Å². The lowest BCUT2D eigenvalue weighted by atomic mass is 10.1. The summed E-state index contributed by atoms with van der Waals surface area (Å²) < 4.78 is 0. The van der Waals surface area contributed by atoms with Crippen molar-refractivity contribution in [3.05, 3.63) is 34.9 Å². The molecule has 0 heterocycles. The predicted molar refractivity (Wildman–Crippen MR) is 76.2 cm³/mol. The third kappa shape index (κ3) is 5.75. The zero-order chi connectivity index (χ0) is 14.3. The predicted octanol–water partition coefficient (Wildman–Crippen LogP) is 2.23. The van der Waals surface area contributed by atoms with E-state index in [1.54, 1.807) is 24.3 Å². The molecule has 2 amide bonds. The van der Waals surface area contributed by atoms with Crippen LogP contribution in [-0.2, 0) is 4.79 Å². The van der Waals surface area contributed by atoms with Crippen molar-refractivity contribution in [2.45, 2.75) is 20.3 Å². The second-order valence-electron chi connectivity index (χ2n) is 4.69. The van der Waals surface area contributed by atoms with Gasteiger partial charge >= 0.3 is 0 Å². The topological polar surface area (TPSA) is 58.2 Å². The van der Waals surface area contributed by atoms with E-state index in [0.717, 1.165) is 6.42 Å². The average Bonchev–Trinajstić information content (AvgIpc) is 2.36. The van der Waals surface area contributed by atoms with E-state index in [1.807, 2.05) is 0 Å². The Kier molecular flexibility index (Phi) is 6.36. The number of nitrogens with one attached hydrogen (secondary N) is 2. The van der Waals surface area contributed by atoms with Gasteiger partial charge in [0.15, 0.2) is 0 Å². The number of rotatable bonds is 6. The van der Waals surface area contributed by atoms with Crippen LogP contribution in [0.2, 0.25) is 5.02 Å². The summed E-state index contributed by atoms with van der Waals surface area (Å²) in [5.41, 5.74) is 0.374. The molecule has 0 aliphatic rings. The normalized spacial score (nSPS) is 10.3. The number of halogens is 1. The van der Waals surface area contributed by atoms with Gasteiger partial charge in [-0.1, -0.05) is 37.6 Å². The highest BCUT2D eigenvalue weighted by Gasteiger charge is 2.10. The van der Waals surface area contributed by atoms with Crippen LogP contribution in [0.5, 0.6) is 0 Å². The fraction of sp³-hybridized carbons (Fsp3) is 0.429. The van der Waals surface area contributed by atoms with Crippen molar-refractivity contribution < 1.29 is 9.59 Å². The number of benzene rings is 1. The second-order valence-corrected chi connectivity index (χ2v) is 5.10. The Morgan fingerprint density at radius 3 is 2.53 bits per heavy atom. The molecule has 104 valence electrons. The van der Waals surface area contributed by atoms with Gasteiger partial charge in [0, 0.05) is 6.54 Å². The van der Waals surface area contributed by atoms with E-state index in [2.05, 4.69) is 24.5 Å². The van der Waals surface area contributed by atoms with Gasteiger partial charge in [-0.3, -0.25) is 9.59 Å². The van der Waals surface area contributed by atoms with Gasteiger partial charge < -0.3 is 10.6 Å². The maximum Gasteiger partial charge on any atom is 0.253 e. The Hall–Kier alpha value is -1.55. The molecule has 0 unspecified atom stereocenters. The Morgan fingerprint density at radius 1 is 1.21 bits per heavy atom. The smallest absolute Gasteiger partial charge is 0.253 e. The summed E-state index contributed by atoms with van der Waals surface area (Å²) in [6.07, 6.45) is 0.921. The molecule has 4 nitrogen and oxygen atoms in total. The minimum absolute atomic E-state index is 0.0395. The summed E-state index contributed by atoms with van der Waals surface area (Å²) in [4.78, 5) is 23.3. The molecule has 2 N–H and O–H groups in total. The average molecular weight is 283 g/mol. The molecule has 0 saturated heterocycles. The van der Waals surface area contributed by atoms with Crippen molar-refractivity contribution in [2.24, 2.45) is 5.92 Å². The molecule has 0 radical (unpaired) electrons. The maximum atomic E-state index is 11.8. The molecular formula is C14H19ClN2O2. The van der Waals surface area contributed by atoms with Crippen LogP contribution in [0.4, 0.5) is 0 Å². The largest absolute Gasteiger partial charge is 0.355 e. The van der Waals surface area contributed by atoms with Crippen LogP contribution in [0.1, 0.15) is 30.6 Å². The van der Waals surface area contributed by atoms with Crippen molar-refractivity contribution in [3.8, 4) is 0 Å². The van der Waals surface area contributed by atoms with Crippen molar-refractivity contribution in [3.63, 3.8) is 0 Å². The Labute approximate surface area is 118 Å². The molecule has 0 bridgehead atoms. The lowest BCUT2D eigenvalue weighted by Crippen LogP contribution is -2.37.